The number of rotatable bonds is 6. The number of hydrogen-bond acceptors (Lipinski definition) is 9. The van der Waals surface area contributed by atoms with Crippen LogP contribution in [0.1, 0.15) is 12.6 Å². The lowest BCUT2D eigenvalue weighted by Gasteiger charge is -2.26. The molecule has 0 fully saturated rings. The first kappa shape index (κ1) is 25.1. The van der Waals surface area contributed by atoms with Crippen LogP contribution in [0.5, 0.6) is 0 Å². The van der Waals surface area contributed by atoms with Crippen LogP contribution < -0.4 is 15.1 Å². The SMILES string of the molecule is CN/C(C)=C1/C=CC(N(c2ccnc(Cl)n2)c2nccc(N(C)c3ccc4nn(C)c(C)c4c3)n2)=CC1=N. The summed E-state index contributed by atoms with van der Waals surface area (Å²) in [7, 11) is 5.73. The number of aryl methyl sites for hydroxylation is 2. The molecule has 0 radical (unpaired) electrons. The summed E-state index contributed by atoms with van der Waals surface area (Å²) in [5.41, 5.74) is 5.72. The minimum absolute atomic E-state index is 0.1000. The maximum atomic E-state index is 8.61. The van der Waals surface area contributed by atoms with Crippen LogP contribution in [0.25, 0.3) is 10.9 Å². The van der Waals surface area contributed by atoms with Crippen molar-refractivity contribution >= 4 is 51.5 Å². The quantitative estimate of drug-likeness (QED) is 0.338. The largest absolute Gasteiger partial charge is 0.391 e. The van der Waals surface area contributed by atoms with Crippen molar-refractivity contribution in [3.8, 4) is 0 Å². The molecule has 0 atom stereocenters. The Morgan fingerprint density at radius 3 is 2.55 bits per heavy atom. The van der Waals surface area contributed by atoms with E-state index in [2.05, 4.69) is 31.4 Å². The van der Waals surface area contributed by atoms with Crippen LogP contribution in [-0.2, 0) is 7.05 Å². The molecule has 0 saturated heterocycles. The highest BCUT2D eigenvalue weighted by Gasteiger charge is 2.22. The van der Waals surface area contributed by atoms with E-state index in [1.54, 1.807) is 29.4 Å². The first-order valence-corrected chi connectivity index (χ1v) is 12.3. The van der Waals surface area contributed by atoms with Crippen molar-refractivity contribution in [1.29, 1.82) is 5.41 Å². The van der Waals surface area contributed by atoms with E-state index >= 15 is 0 Å². The third-order valence-electron chi connectivity index (χ3n) is 6.55. The number of halogens is 1. The summed E-state index contributed by atoms with van der Waals surface area (Å²) in [6.07, 6.45) is 8.83. The van der Waals surface area contributed by atoms with Crippen LogP contribution in [0.3, 0.4) is 0 Å². The number of benzene rings is 1. The second-order valence-corrected chi connectivity index (χ2v) is 9.15. The van der Waals surface area contributed by atoms with Gasteiger partial charge in [-0.05, 0) is 74.0 Å². The number of nitrogens with zero attached hydrogens (tertiary/aromatic N) is 8. The van der Waals surface area contributed by atoms with Crippen LogP contribution in [0, 0.1) is 12.3 Å². The van der Waals surface area contributed by atoms with Gasteiger partial charge in [0, 0.05) is 61.6 Å². The van der Waals surface area contributed by atoms with Crippen molar-refractivity contribution in [2.45, 2.75) is 13.8 Å². The topological polar surface area (TPSA) is 112 Å². The summed E-state index contributed by atoms with van der Waals surface area (Å²) < 4.78 is 1.88. The van der Waals surface area contributed by atoms with Crippen molar-refractivity contribution in [2.24, 2.45) is 7.05 Å². The molecule has 1 aliphatic rings. The monoisotopic (exact) mass is 526 g/mol. The van der Waals surface area contributed by atoms with Gasteiger partial charge in [0.1, 0.15) is 11.6 Å². The fourth-order valence-corrected chi connectivity index (χ4v) is 4.36. The molecule has 1 aliphatic carbocycles. The first-order chi connectivity index (χ1) is 18.3. The van der Waals surface area contributed by atoms with Crippen molar-refractivity contribution in [3.05, 3.63) is 88.9 Å². The van der Waals surface area contributed by atoms with Gasteiger partial charge in [-0.1, -0.05) is 0 Å². The van der Waals surface area contributed by atoms with Crippen molar-refractivity contribution in [3.63, 3.8) is 0 Å². The molecule has 1 aromatic carbocycles. The van der Waals surface area contributed by atoms with E-state index in [1.165, 1.54) is 0 Å². The Morgan fingerprint density at radius 2 is 1.82 bits per heavy atom. The predicted molar refractivity (Wildman–Crippen MR) is 151 cm³/mol. The molecule has 3 aromatic heterocycles. The van der Waals surface area contributed by atoms with Gasteiger partial charge in [0.2, 0.25) is 11.2 Å². The van der Waals surface area contributed by atoms with Gasteiger partial charge in [-0.2, -0.15) is 15.1 Å². The molecule has 192 valence electrons. The molecule has 38 heavy (non-hydrogen) atoms. The molecule has 0 saturated carbocycles. The summed E-state index contributed by atoms with van der Waals surface area (Å²) in [5.74, 6) is 1.55. The number of allylic oxidation sites excluding steroid dienone is 5. The van der Waals surface area contributed by atoms with E-state index in [-0.39, 0.29) is 5.28 Å². The van der Waals surface area contributed by atoms with Gasteiger partial charge in [-0.3, -0.25) is 9.58 Å². The number of aromatic nitrogens is 6. The second-order valence-electron chi connectivity index (χ2n) is 8.81. The van der Waals surface area contributed by atoms with Gasteiger partial charge in [0.15, 0.2) is 0 Å². The molecule has 0 spiro atoms. The molecular weight excluding hydrogens is 500 g/mol. The van der Waals surface area contributed by atoms with E-state index in [0.717, 1.165) is 33.6 Å². The molecule has 0 unspecified atom stereocenters. The standard InChI is InChI=1S/C27H27ClN10/c1-16(30-3)20-8-6-19(15-22(20)29)38(25-11-12-31-26(28)33-25)27-32-13-10-24(34-27)36(4)18-7-9-23-21(14-18)17(2)37(5)35-23/h6-15,29-30H,1-5H3/b20-16-,29-22?. The third-order valence-corrected chi connectivity index (χ3v) is 6.74. The molecule has 10 nitrogen and oxygen atoms in total. The molecule has 3 heterocycles. The maximum absolute atomic E-state index is 8.61. The molecule has 0 amide bonds. The zero-order valence-corrected chi connectivity index (χ0v) is 22.5. The zero-order valence-electron chi connectivity index (χ0n) is 21.7. The van der Waals surface area contributed by atoms with Crippen LogP contribution in [-0.4, -0.2) is 49.5 Å². The van der Waals surface area contributed by atoms with Crippen LogP contribution in [0.4, 0.5) is 23.3 Å². The molecule has 0 bridgehead atoms. The minimum Gasteiger partial charge on any atom is -0.391 e. The average molecular weight is 527 g/mol. The average Bonchev–Trinajstić information content (AvgIpc) is 3.21. The lowest BCUT2D eigenvalue weighted by Crippen LogP contribution is -2.23. The van der Waals surface area contributed by atoms with Crippen molar-refractivity contribution in [1.82, 2.24) is 35.0 Å². The Kier molecular flexibility index (Phi) is 6.64. The van der Waals surface area contributed by atoms with E-state index < -0.39 is 0 Å². The van der Waals surface area contributed by atoms with Crippen LogP contribution in [0.15, 0.2) is 77.9 Å². The summed E-state index contributed by atoms with van der Waals surface area (Å²) in [4.78, 5) is 21.6. The highest BCUT2D eigenvalue weighted by Crippen LogP contribution is 2.32. The van der Waals surface area contributed by atoms with Crippen LogP contribution in [0.2, 0.25) is 5.28 Å². The Balaban J connectivity index is 1.57. The van der Waals surface area contributed by atoms with E-state index in [4.69, 9.17) is 22.0 Å². The van der Waals surface area contributed by atoms with E-state index in [1.807, 2.05) is 74.9 Å². The molecule has 5 rings (SSSR count). The lowest BCUT2D eigenvalue weighted by molar-refractivity contribution is 0.751. The highest BCUT2D eigenvalue weighted by atomic mass is 35.5. The summed E-state index contributed by atoms with van der Waals surface area (Å²) in [5, 5.41) is 17.4. The Labute approximate surface area is 225 Å². The first-order valence-electron chi connectivity index (χ1n) is 11.9. The number of fused-ring (bicyclic) bond motifs is 1. The van der Waals surface area contributed by atoms with Crippen molar-refractivity contribution < 1.29 is 0 Å². The Morgan fingerprint density at radius 1 is 1.05 bits per heavy atom. The van der Waals surface area contributed by atoms with Gasteiger partial charge in [0.05, 0.1) is 16.9 Å². The molecule has 2 N–H and O–H groups in total. The normalized spacial score (nSPS) is 14.5. The van der Waals surface area contributed by atoms with Crippen LogP contribution >= 0.6 is 11.6 Å². The predicted octanol–water partition coefficient (Wildman–Crippen LogP) is 4.99. The highest BCUT2D eigenvalue weighted by molar-refractivity contribution is 6.28. The number of anilines is 4. The maximum Gasteiger partial charge on any atom is 0.237 e. The zero-order chi connectivity index (χ0) is 27.0. The lowest BCUT2D eigenvalue weighted by atomic mass is 10.0. The second kappa shape index (κ2) is 10.1. The molecule has 0 aliphatic heterocycles. The Bertz CT molecular complexity index is 1650. The van der Waals surface area contributed by atoms with Gasteiger partial charge < -0.3 is 15.6 Å². The summed E-state index contributed by atoms with van der Waals surface area (Å²) in [6.45, 7) is 3.98. The smallest absolute Gasteiger partial charge is 0.237 e. The van der Waals surface area contributed by atoms with Gasteiger partial charge >= 0.3 is 0 Å². The fraction of sp³-hybridized carbons (Fsp3) is 0.185. The van der Waals surface area contributed by atoms with E-state index in [0.29, 0.717) is 29.0 Å². The third kappa shape index (κ3) is 4.61. The Hall–Kier alpha value is -4.57. The van der Waals surface area contributed by atoms with Gasteiger partial charge in [-0.15, -0.1) is 0 Å². The summed E-state index contributed by atoms with van der Waals surface area (Å²) >= 11 is 6.15. The molecule has 11 heteroatoms. The number of nitrogens with one attached hydrogen (secondary N) is 2. The molecular formula is C27H27ClN10. The molecule has 4 aromatic rings. The number of hydrogen-bond donors (Lipinski definition) is 2. The minimum atomic E-state index is 0.1000. The fourth-order valence-electron chi connectivity index (χ4n) is 4.22. The van der Waals surface area contributed by atoms with Gasteiger partial charge in [-0.25, -0.2) is 9.97 Å². The van der Waals surface area contributed by atoms with Gasteiger partial charge in [0.25, 0.3) is 0 Å². The summed E-state index contributed by atoms with van der Waals surface area (Å²) in [6, 6.07) is 9.71. The van der Waals surface area contributed by atoms with E-state index in [9.17, 15) is 0 Å². The van der Waals surface area contributed by atoms with Crippen molar-refractivity contribution in [2.75, 3.05) is 23.9 Å².